The van der Waals surface area contributed by atoms with Gasteiger partial charge in [0.05, 0.1) is 17.9 Å². The normalized spacial score (nSPS) is 33.9. The lowest BCUT2D eigenvalue weighted by atomic mass is 9.89. The van der Waals surface area contributed by atoms with Crippen LogP contribution >= 0.6 is 11.8 Å². The Morgan fingerprint density at radius 3 is 3.22 bits per heavy atom. The first-order valence-electron chi connectivity index (χ1n) is 6.79. The van der Waals surface area contributed by atoms with Crippen molar-refractivity contribution in [3.63, 3.8) is 0 Å². The van der Waals surface area contributed by atoms with E-state index in [1.54, 1.807) is 6.26 Å². The zero-order valence-corrected chi connectivity index (χ0v) is 11.7. The first kappa shape index (κ1) is 12.6. The number of thioether (sulfide) groups is 1. The fourth-order valence-corrected chi connectivity index (χ4v) is 4.38. The Bertz CT molecular complexity index is 373. The summed E-state index contributed by atoms with van der Waals surface area (Å²) in [6.45, 7) is 3.06. The second kappa shape index (κ2) is 5.27. The first-order chi connectivity index (χ1) is 8.77. The van der Waals surface area contributed by atoms with Crippen molar-refractivity contribution in [1.29, 1.82) is 0 Å². The standard InChI is InChI=1S/C14H21NO2S/c1-11(13-3-2-6-16-13)15-12-4-7-17-14(9-12)5-8-18-10-14/h2-3,6,11-12,15H,4-5,7-10H2,1H3. The number of hydrogen-bond donors (Lipinski definition) is 1. The average molecular weight is 267 g/mol. The van der Waals surface area contributed by atoms with Crippen molar-refractivity contribution in [2.24, 2.45) is 0 Å². The van der Waals surface area contributed by atoms with E-state index in [1.165, 1.54) is 17.9 Å². The van der Waals surface area contributed by atoms with Crippen LogP contribution in [0.4, 0.5) is 0 Å². The zero-order chi connectivity index (χ0) is 12.4. The minimum atomic E-state index is 0.156. The Hall–Kier alpha value is -0.450. The summed E-state index contributed by atoms with van der Waals surface area (Å²) in [6, 6.07) is 4.83. The molecule has 2 aliphatic heterocycles. The Balaban J connectivity index is 1.59. The number of furan rings is 1. The predicted octanol–water partition coefficient (Wildman–Crippen LogP) is 2.98. The first-order valence-corrected chi connectivity index (χ1v) is 7.94. The molecule has 1 spiro atoms. The molecule has 18 heavy (non-hydrogen) atoms. The zero-order valence-electron chi connectivity index (χ0n) is 10.9. The van der Waals surface area contributed by atoms with Gasteiger partial charge in [0.25, 0.3) is 0 Å². The highest BCUT2D eigenvalue weighted by atomic mass is 32.2. The molecule has 2 saturated heterocycles. The van der Waals surface area contributed by atoms with Crippen LogP contribution in [0.5, 0.6) is 0 Å². The van der Waals surface area contributed by atoms with Crippen LogP contribution in [0.15, 0.2) is 22.8 Å². The molecule has 0 saturated carbocycles. The molecule has 0 aliphatic carbocycles. The van der Waals surface area contributed by atoms with Gasteiger partial charge in [-0.2, -0.15) is 11.8 Å². The summed E-state index contributed by atoms with van der Waals surface area (Å²) in [6.07, 6.45) is 5.21. The Morgan fingerprint density at radius 1 is 1.56 bits per heavy atom. The van der Waals surface area contributed by atoms with Crippen LogP contribution in [0.2, 0.25) is 0 Å². The molecule has 0 aromatic carbocycles. The third kappa shape index (κ3) is 2.60. The van der Waals surface area contributed by atoms with Gasteiger partial charge in [0.1, 0.15) is 5.76 Å². The van der Waals surface area contributed by atoms with Crippen molar-refractivity contribution in [1.82, 2.24) is 5.32 Å². The van der Waals surface area contributed by atoms with E-state index >= 15 is 0 Å². The van der Waals surface area contributed by atoms with E-state index < -0.39 is 0 Å². The van der Waals surface area contributed by atoms with E-state index in [2.05, 4.69) is 12.2 Å². The molecule has 4 heteroatoms. The summed E-state index contributed by atoms with van der Waals surface area (Å²) >= 11 is 2.03. The van der Waals surface area contributed by atoms with Crippen molar-refractivity contribution in [3.8, 4) is 0 Å². The van der Waals surface area contributed by atoms with Crippen LogP contribution in [0, 0.1) is 0 Å². The fraction of sp³-hybridized carbons (Fsp3) is 0.714. The summed E-state index contributed by atoms with van der Waals surface area (Å²) in [5.41, 5.74) is 0.156. The molecule has 1 N–H and O–H groups in total. The molecule has 3 rings (SSSR count). The highest BCUT2D eigenvalue weighted by Crippen LogP contribution is 2.38. The highest BCUT2D eigenvalue weighted by Gasteiger charge is 2.40. The minimum Gasteiger partial charge on any atom is -0.468 e. The number of ether oxygens (including phenoxy) is 1. The molecule has 1 aromatic rings. The maximum absolute atomic E-state index is 6.04. The fourth-order valence-electron chi connectivity index (χ4n) is 3.01. The molecular weight excluding hydrogens is 246 g/mol. The smallest absolute Gasteiger partial charge is 0.120 e. The number of nitrogens with one attached hydrogen (secondary N) is 1. The lowest BCUT2D eigenvalue weighted by molar-refractivity contribution is -0.0714. The SMILES string of the molecule is CC(NC1CCOC2(CCSC2)C1)c1ccco1. The average Bonchev–Trinajstić information content (AvgIpc) is 3.01. The molecule has 2 fully saturated rings. The summed E-state index contributed by atoms with van der Waals surface area (Å²) < 4.78 is 11.5. The summed E-state index contributed by atoms with van der Waals surface area (Å²) in [7, 11) is 0. The molecular formula is C14H21NO2S. The topological polar surface area (TPSA) is 34.4 Å². The third-order valence-electron chi connectivity index (χ3n) is 4.02. The van der Waals surface area contributed by atoms with Gasteiger partial charge in [0.15, 0.2) is 0 Å². The van der Waals surface area contributed by atoms with Crippen LogP contribution in [-0.4, -0.2) is 29.8 Å². The minimum absolute atomic E-state index is 0.156. The molecule has 1 aromatic heterocycles. The van der Waals surface area contributed by atoms with Crippen LogP contribution < -0.4 is 5.32 Å². The van der Waals surface area contributed by atoms with Crippen LogP contribution in [0.25, 0.3) is 0 Å². The van der Waals surface area contributed by atoms with Crippen molar-refractivity contribution in [3.05, 3.63) is 24.2 Å². The lowest BCUT2D eigenvalue weighted by Crippen LogP contribution is -2.47. The quantitative estimate of drug-likeness (QED) is 0.913. The Labute approximate surface area is 113 Å². The molecule has 3 heterocycles. The molecule has 0 radical (unpaired) electrons. The van der Waals surface area contributed by atoms with Gasteiger partial charge in [0, 0.05) is 18.4 Å². The predicted molar refractivity (Wildman–Crippen MR) is 73.9 cm³/mol. The molecule has 0 amide bonds. The molecule has 3 nitrogen and oxygen atoms in total. The number of hydrogen-bond acceptors (Lipinski definition) is 4. The van der Waals surface area contributed by atoms with Crippen LogP contribution in [0.3, 0.4) is 0 Å². The van der Waals surface area contributed by atoms with Gasteiger partial charge >= 0.3 is 0 Å². The lowest BCUT2D eigenvalue weighted by Gasteiger charge is -2.39. The van der Waals surface area contributed by atoms with Gasteiger partial charge in [-0.25, -0.2) is 0 Å². The van der Waals surface area contributed by atoms with Gasteiger partial charge in [-0.15, -0.1) is 0 Å². The van der Waals surface area contributed by atoms with Gasteiger partial charge in [-0.1, -0.05) is 0 Å². The van der Waals surface area contributed by atoms with Gasteiger partial charge < -0.3 is 14.5 Å². The van der Waals surface area contributed by atoms with E-state index in [1.807, 2.05) is 23.9 Å². The van der Waals surface area contributed by atoms with Crippen LogP contribution in [0.1, 0.15) is 38.0 Å². The third-order valence-corrected chi connectivity index (χ3v) is 5.24. The maximum atomic E-state index is 6.04. The van der Waals surface area contributed by atoms with E-state index in [9.17, 15) is 0 Å². The monoisotopic (exact) mass is 267 g/mol. The van der Waals surface area contributed by atoms with E-state index in [0.29, 0.717) is 6.04 Å². The second-order valence-corrected chi connectivity index (χ2v) is 6.53. The number of rotatable bonds is 3. The van der Waals surface area contributed by atoms with Gasteiger partial charge in [0.2, 0.25) is 0 Å². The molecule has 0 bridgehead atoms. The molecule has 3 unspecified atom stereocenters. The second-order valence-electron chi connectivity index (χ2n) is 5.43. The van der Waals surface area contributed by atoms with Crippen molar-refractivity contribution < 1.29 is 9.15 Å². The molecule has 100 valence electrons. The van der Waals surface area contributed by atoms with Gasteiger partial charge in [-0.3, -0.25) is 0 Å². The summed E-state index contributed by atoms with van der Waals surface area (Å²) in [4.78, 5) is 0. The van der Waals surface area contributed by atoms with Crippen LogP contribution in [-0.2, 0) is 4.74 Å². The van der Waals surface area contributed by atoms with E-state index in [4.69, 9.17) is 9.15 Å². The summed E-state index contributed by atoms with van der Waals surface area (Å²) in [5.74, 6) is 3.44. The van der Waals surface area contributed by atoms with Crippen molar-refractivity contribution >= 4 is 11.8 Å². The Kier molecular flexibility index (Phi) is 3.68. The van der Waals surface area contributed by atoms with Crippen molar-refractivity contribution in [2.75, 3.05) is 18.1 Å². The highest BCUT2D eigenvalue weighted by molar-refractivity contribution is 7.99. The largest absolute Gasteiger partial charge is 0.468 e. The van der Waals surface area contributed by atoms with E-state index in [0.717, 1.165) is 25.2 Å². The molecule has 2 aliphatic rings. The van der Waals surface area contributed by atoms with Gasteiger partial charge in [-0.05, 0) is 44.1 Å². The maximum Gasteiger partial charge on any atom is 0.120 e. The molecule has 3 atom stereocenters. The Morgan fingerprint density at radius 2 is 2.50 bits per heavy atom. The summed E-state index contributed by atoms with van der Waals surface area (Å²) in [5, 5.41) is 3.69. The van der Waals surface area contributed by atoms with Crippen molar-refractivity contribution in [2.45, 2.75) is 43.9 Å². The van der Waals surface area contributed by atoms with E-state index in [-0.39, 0.29) is 11.6 Å².